The largest absolute Gasteiger partial charge is 0.508 e. The van der Waals surface area contributed by atoms with Crippen molar-refractivity contribution >= 4 is 5.71 Å². The Morgan fingerprint density at radius 3 is 2.93 bits per heavy atom. The van der Waals surface area contributed by atoms with Gasteiger partial charge in [-0.25, -0.2) is 0 Å². The van der Waals surface area contributed by atoms with Crippen LogP contribution in [-0.4, -0.2) is 17.4 Å². The van der Waals surface area contributed by atoms with Crippen molar-refractivity contribution in [3.05, 3.63) is 36.0 Å². The highest BCUT2D eigenvalue weighted by atomic mass is 16.5. The van der Waals surface area contributed by atoms with Gasteiger partial charge in [-0.3, -0.25) is 0 Å². The van der Waals surface area contributed by atoms with Crippen molar-refractivity contribution in [2.75, 3.05) is 6.61 Å². The van der Waals surface area contributed by atoms with E-state index in [0.717, 1.165) is 5.56 Å². The van der Waals surface area contributed by atoms with E-state index in [-0.39, 0.29) is 18.1 Å². The number of phenolic OH excluding ortho intramolecular Hbond substituents is 1. The van der Waals surface area contributed by atoms with Crippen molar-refractivity contribution in [2.45, 2.75) is 6.92 Å². The van der Waals surface area contributed by atoms with Crippen LogP contribution in [0.15, 0.2) is 30.5 Å². The highest BCUT2D eigenvalue weighted by molar-refractivity contribution is 5.93. The van der Waals surface area contributed by atoms with Crippen molar-refractivity contribution in [2.24, 2.45) is 5.73 Å². The molecule has 0 radical (unpaired) electrons. The van der Waals surface area contributed by atoms with E-state index in [0.29, 0.717) is 5.75 Å². The van der Waals surface area contributed by atoms with Gasteiger partial charge in [0.2, 0.25) is 0 Å². The molecule has 0 aliphatic rings. The summed E-state index contributed by atoms with van der Waals surface area (Å²) in [6, 6.07) is 5.02. The molecule has 4 nitrogen and oxygen atoms in total. The molecule has 0 fully saturated rings. The molecule has 1 aromatic rings. The summed E-state index contributed by atoms with van der Waals surface area (Å²) in [6.45, 7) is 1.94. The monoisotopic (exact) mass is 206 g/mol. The molecular formula is C11H14N2O2. The van der Waals surface area contributed by atoms with E-state index >= 15 is 0 Å². The van der Waals surface area contributed by atoms with Crippen molar-refractivity contribution in [1.29, 1.82) is 5.41 Å². The number of rotatable bonds is 4. The molecule has 0 spiro atoms. The molecule has 15 heavy (non-hydrogen) atoms. The molecular weight excluding hydrogens is 192 g/mol. The molecule has 0 bridgehead atoms. The Labute approximate surface area is 88.5 Å². The van der Waals surface area contributed by atoms with Crippen molar-refractivity contribution in [3.8, 4) is 11.5 Å². The molecule has 0 atom stereocenters. The molecule has 0 aliphatic heterocycles. The van der Waals surface area contributed by atoms with Gasteiger partial charge >= 0.3 is 0 Å². The minimum Gasteiger partial charge on any atom is -0.508 e. The van der Waals surface area contributed by atoms with E-state index in [1.54, 1.807) is 19.1 Å². The summed E-state index contributed by atoms with van der Waals surface area (Å²) in [7, 11) is 0. The summed E-state index contributed by atoms with van der Waals surface area (Å²) in [5.74, 6) is 0.724. The zero-order valence-electron chi connectivity index (χ0n) is 8.53. The SMILES string of the molecule is Cc1ccc(OCC(=N)/C=C\N)cc1O. The van der Waals surface area contributed by atoms with Crippen LogP contribution >= 0.6 is 0 Å². The van der Waals surface area contributed by atoms with Gasteiger partial charge in [-0.1, -0.05) is 6.07 Å². The van der Waals surface area contributed by atoms with Crippen LogP contribution in [0, 0.1) is 12.3 Å². The van der Waals surface area contributed by atoms with Crippen LogP contribution in [0.1, 0.15) is 5.56 Å². The maximum Gasteiger partial charge on any atom is 0.130 e. The predicted molar refractivity (Wildman–Crippen MR) is 59.4 cm³/mol. The lowest BCUT2D eigenvalue weighted by molar-refractivity contribution is 0.372. The second-order valence-corrected chi connectivity index (χ2v) is 3.12. The smallest absolute Gasteiger partial charge is 0.130 e. The summed E-state index contributed by atoms with van der Waals surface area (Å²) < 4.78 is 5.26. The second kappa shape index (κ2) is 5.05. The van der Waals surface area contributed by atoms with E-state index in [2.05, 4.69) is 0 Å². The number of aryl methyl sites for hydroxylation is 1. The van der Waals surface area contributed by atoms with Crippen LogP contribution in [-0.2, 0) is 0 Å². The fraction of sp³-hybridized carbons (Fsp3) is 0.182. The number of hydrogen-bond donors (Lipinski definition) is 3. The van der Waals surface area contributed by atoms with Gasteiger partial charge < -0.3 is 21.0 Å². The molecule has 0 amide bonds. The Morgan fingerprint density at radius 1 is 1.60 bits per heavy atom. The zero-order chi connectivity index (χ0) is 11.3. The van der Waals surface area contributed by atoms with E-state index in [4.69, 9.17) is 15.9 Å². The Morgan fingerprint density at radius 2 is 2.33 bits per heavy atom. The molecule has 0 aliphatic carbocycles. The number of benzene rings is 1. The third-order valence-electron chi connectivity index (χ3n) is 1.87. The van der Waals surface area contributed by atoms with E-state index in [1.807, 2.05) is 0 Å². The highest BCUT2D eigenvalue weighted by Gasteiger charge is 1.99. The number of nitrogens with one attached hydrogen (secondary N) is 1. The van der Waals surface area contributed by atoms with Gasteiger partial charge in [-0.15, -0.1) is 0 Å². The first-order valence-electron chi connectivity index (χ1n) is 4.51. The van der Waals surface area contributed by atoms with Gasteiger partial charge in [-0.2, -0.15) is 0 Å². The summed E-state index contributed by atoms with van der Waals surface area (Å²) in [4.78, 5) is 0. The normalized spacial score (nSPS) is 10.5. The van der Waals surface area contributed by atoms with Gasteiger partial charge in [-0.05, 0) is 30.8 Å². The number of hydrogen-bond acceptors (Lipinski definition) is 4. The fourth-order valence-electron chi connectivity index (χ4n) is 1.00. The standard InChI is InChI=1S/C11H14N2O2/c1-8-2-3-10(6-11(8)14)15-7-9(13)4-5-12/h2-6,13-14H,7,12H2,1H3/b5-4-,13-9?. The average Bonchev–Trinajstić information content (AvgIpc) is 2.20. The van der Waals surface area contributed by atoms with Gasteiger partial charge in [0, 0.05) is 6.07 Å². The third-order valence-corrected chi connectivity index (χ3v) is 1.87. The van der Waals surface area contributed by atoms with Gasteiger partial charge in [0.05, 0.1) is 5.71 Å². The summed E-state index contributed by atoms with van der Waals surface area (Å²) in [5, 5.41) is 16.8. The Hall–Kier alpha value is -1.97. The molecule has 0 saturated heterocycles. The lowest BCUT2D eigenvalue weighted by Crippen LogP contribution is -2.07. The summed E-state index contributed by atoms with van der Waals surface area (Å²) in [6.07, 6.45) is 2.74. The minimum absolute atomic E-state index is 0.135. The molecule has 0 aromatic heterocycles. The number of nitrogens with two attached hydrogens (primary N) is 1. The zero-order valence-corrected chi connectivity index (χ0v) is 8.53. The first-order chi connectivity index (χ1) is 7.13. The van der Waals surface area contributed by atoms with E-state index in [9.17, 15) is 5.11 Å². The first kappa shape index (κ1) is 11.1. The summed E-state index contributed by atoms with van der Waals surface area (Å²) >= 11 is 0. The van der Waals surface area contributed by atoms with Gasteiger partial charge in [0.15, 0.2) is 0 Å². The molecule has 0 unspecified atom stereocenters. The minimum atomic E-state index is 0.135. The molecule has 1 aromatic carbocycles. The van der Waals surface area contributed by atoms with Crippen molar-refractivity contribution in [3.63, 3.8) is 0 Å². The lowest BCUT2D eigenvalue weighted by Gasteiger charge is -2.06. The second-order valence-electron chi connectivity index (χ2n) is 3.12. The van der Waals surface area contributed by atoms with E-state index < -0.39 is 0 Å². The molecule has 4 N–H and O–H groups in total. The maximum absolute atomic E-state index is 9.40. The van der Waals surface area contributed by atoms with Crippen LogP contribution in [0.3, 0.4) is 0 Å². The highest BCUT2D eigenvalue weighted by Crippen LogP contribution is 2.22. The van der Waals surface area contributed by atoms with Gasteiger partial charge in [0.25, 0.3) is 0 Å². The molecule has 4 heteroatoms. The van der Waals surface area contributed by atoms with Crippen LogP contribution in [0.2, 0.25) is 0 Å². The molecule has 1 rings (SSSR count). The van der Waals surface area contributed by atoms with Crippen molar-refractivity contribution < 1.29 is 9.84 Å². The molecule has 0 saturated carbocycles. The van der Waals surface area contributed by atoms with Crippen molar-refractivity contribution in [1.82, 2.24) is 0 Å². The fourth-order valence-corrected chi connectivity index (χ4v) is 1.00. The summed E-state index contributed by atoms with van der Waals surface area (Å²) in [5.41, 5.74) is 6.19. The quantitative estimate of drug-likeness (QED) is 0.654. The lowest BCUT2D eigenvalue weighted by atomic mass is 10.2. The third kappa shape index (κ3) is 3.34. The Kier molecular flexibility index (Phi) is 3.74. The predicted octanol–water partition coefficient (Wildman–Crippen LogP) is 1.57. The molecule has 0 heterocycles. The van der Waals surface area contributed by atoms with Crippen LogP contribution < -0.4 is 10.5 Å². The average molecular weight is 206 g/mol. The van der Waals surface area contributed by atoms with Crippen LogP contribution in [0.5, 0.6) is 11.5 Å². The number of aromatic hydroxyl groups is 1. The Balaban J connectivity index is 2.58. The van der Waals surface area contributed by atoms with E-state index in [1.165, 1.54) is 18.3 Å². The van der Waals surface area contributed by atoms with Crippen LogP contribution in [0.25, 0.3) is 0 Å². The first-order valence-corrected chi connectivity index (χ1v) is 4.51. The van der Waals surface area contributed by atoms with Crippen LogP contribution in [0.4, 0.5) is 0 Å². The molecule has 80 valence electrons. The number of phenols is 1. The topological polar surface area (TPSA) is 79.3 Å². The Bertz CT molecular complexity index is 386. The maximum atomic E-state index is 9.40. The van der Waals surface area contributed by atoms with Gasteiger partial charge in [0.1, 0.15) is 18.1 Å². The number of ether oxygens (including phenoxy) is 1.